The molecular formula is C22H24N2O3. The van der Waals surface area contributed by atoms with Gasteiger partial charge >= 0.3 is 0 Å². The summed E-state index contributed by atoms with van der Waals surface area (Å²) < 4.78 is 6.07. The lowest BCUT2D eigenvalue weighted by Crippen LogP contribution is -2.29. The first-order valence-corrected chi connectivity index (χ1v) is 9.48. The summed E-state index contributed by atoms with van der Waals surface area (Å²) in [7, 11) is 0. The van der Waals surface area contributed by atoms with E-state index in [1.54, 1.807) is 12.1 Å². The van der Waals surface area contributed by atoms with Crippen molar-refractivity contribution in [3.63, 3.8) is 0 Å². The van der Waals surface area contributed by atoms with E-state index in [-0.39, 0.29) is 16.7 Å². The van der Waals surface area contributed by atoms with Crippen molar-refractivity contribution in [2.75, 3.05) is 11.9 Å². The van der Waals surface area contributed by atoms with E-state index in [4.69, 9.17) is 4.74 Å². The Labute approximate surface area is 159 Å². The van der Waals surface area contributed by atoms with Gasteiger partial charge in [-0.25, -0.2) is 0 Å². The second-order valence-corrected chi connectivity index (χ2v) is 7.75. The van der Waals surface area contributed by atoms with Crippen LogP contribution in [0.3, 0.4) is 0 Å². The number of ether oxygens (including phenoxy) is 1. The second kappa shape index (κ2) is 7.06. The third kappa shape index (κ3) is 3.29. The molecule has 4 rings (SSSR count). The van der Waals surface area contributed by atoms with Gasteiger partial charge in [0, 0.05) is 18.1 Å². The highest BCUT2D eigenvalue weighted by molar-refractivity contribution is 5.67. The Bertz CT molecular complexity index is 874. The summed E-state index contributed by atoms with van der Waals surface area (Å²) in [6.45, 7) is 4.95. The van der Waals surface area contributed by atoms with E-state index in [0.717, 1.165) is 23.4 Å². The lowest BCUT2D eigenvalue weighted by Gasteiger charge is -2.38. The Morgan fingerprint density at radius 3 is 2.70 bits per heavy atom. The van der Waals surface area contributed by atoms with Crippen molar-refractivity contribution in [3.05, 3.63) is 75.9 Å². The Morgan fingerprint density at radius 2 is 2.00 bits per heavy atom. The maximum Gasteiger partial charge on any atom is 0.269 e. The van der Waals surface area contributed by atoms with Crippen molar-refractivity contribution in [1.82, 2.24) is 0 Å². The highest BCUT2D eigenvalue weighted by Gasteiger charge is 2.39. The van der Waals surface area contributed by atoms with Crippen LogP contribution in [0, 0.1) is 22.0 Å². The fourth-order valence-electron chi connectivity index (χ4n) is 4.10. The predicted octanol–water partition coefficient (Wildman–Crippen LogP) is 5.46. The van der Waals surface area contributed by atoms with Gasteiger partial charge in [0.15, 0.2) is 0 Å². The minimum Gasteiger partial charge on any atom is -0.491 e. The zero-order chi connectivity index (χ0) is 19.0. The summed E-state index contributed by atoms with van der Waals surface area (Å²) in [6.07, 6.45) is 5.52. The molecule has 2 aromatic rings. The second-order valence-electron chi connectivity index (χ2n) is 7.75. The number of anilines is 1. The molecule has 1 aliphatic carbocycles. The van der Waals surface area contributed by atoms with E-state index in [2.05, 4.69) is 43.4 Å². The molecule has 0 radical (unpaired) electrons. The average molecular weight is 364 g/mol. The number of nitrogens with zero attached hydrogens (tertiary/aromatic N) is 1. The van der Waals surface area contributed by atoms with Gasteiger partial charge in [0.1, 0.15) is 5.75 Å². The lowest BCUT2D eigenvalue weighted by atomic mass is 9.77. The maximum atomic E-state index is 11.0. The molecule has 0 aromatic heterocycles. The zero-order valence-electron chi connectivity index (χ0n) is 15.6. The van der Waals surface area contributed by atoms with E-state index in [0.29, 0.717) is 24.4 Å². The van der Waals surface area contributed by atoms with Crippen LogP contribution >= 0.6 is 0 Å². The van der Waals surface area contributed by atoms with Crippen LogP contribution in [0.4, 0.5) is 11.4 Å². The summed E-state index contributed by atoms with van der Waals surface area (Å²) in [4.78, 5) is 10.6. The van der Waals surface area contributed by atoms with Gasteiger partial charge in [0.05, 0.1) is 23.3 Å². The number of hydrogen-bond donors (Lipinski definition) is 1. The highest BCUT2D eigenvalue weighted by atomic mass is 16.6. The number of nitrogens with one attached hydrogen (secondary N) is 1. The van der Waals surface area contributed by atoms with Crippen molar-refractivity contribution in [3.8, 4) is 5.75 Å². The van der Waals surface area contributed by atoms with Gasteiger partial charge in [-0.3, -0.25) is 10.1 Å². The molecule has 0 spiro atoms. The Kier molecular flexibility index (Phi) is 4.60. The first-order chi connectivity index (χ1) is 13.0. The van der Waals surface area contributed by atoms with Crippen molar-refractivity contribution >= 4 is 11.4 Å². The molecule has 5 nitrogen and oxygen atoms in total. The summed E-state index contributed by atoms with van der Waals surface area (Å²) in [6, 6.07) is 13.3. The summed E-state index contributed by atoms with van der Waals surface area (Å²) in [5.41, 5.74) is 3.52. The highest BCUT2D eigenvalue weighted by Crippen LogP contribution is 2.52. The van der Waals surface area contributed by atoms with E-state index < -0.39 is 0 Å². The first-order valence-electron chi connectivity index (χ1n) is 9.48. The summed E-state index contributed by atoms with van der Waals surface area (Å²) >= 11 is 0. The molecular weight excluding hydrogens is 340 g/mol. The molecule has 0 fully saturated rings. The molecule has 3 unspecified atom stereocenters. The monoisotopic (exact) mass is 364 g/mol. The van der Waals surface area contributed by atoms with Gasteiger partial charge in [-0.05, 0) is 35.4 Å². The molecule has 5 heteroatoms. The van der Waals surface area contributed by atoms with Crippen LogP contribution in [0.2, 0.25) is 0 Å². The van der Waals surface area contributed by atoms with Crippen LogP contribution < -0.4 is 10.1 Å². The van der Waals surface area contributed by atoms with E-state index in [1.807, 2.05) is 18.2 Å². The fourth-order valence-corrected chi connectivity index (χ4v) is 4.10. The SMILES string of the molecule is CC(C)COc1cccc2c1NC(c1ccc([N+](=O)[O-])cc1)C1CC=CC21. The van der Waals surface area contributed by atoms with E-state index in [1.165, 1.54) is 5.56 Å². The average Bonchev–Trinajstić information content (AvgIpc) is 3.15. The van der Waals surface area contributed by atoms with Crippen molar-refractivity contribution in [2.24, 2.45) is 11.8 Å². The lowest BCUT2D eigenvalue weighted by molar-refractivity contribution is -0.384. The van der Waals surface area contributed by atoms with Gasteiger partial charge in [0.2, 0.25) is 0 Å². The Morgan fingerprint density at radius 1 is 1.22 bits per heavy atom. The molecule has 1 N–H and O–H groups in total. The van der Waals surface area contributed by atoms with Crippen molar-refractivity contribution in [2.45, 2.75) is 32.2 Å². The Hall–Kier alpha value is -2.82. The van der Waals surface area contributed by atoms with Gasteiger partial charge in [-0.1, -0.05) is 50.3 Å². The minimum absolute atomic E-state index is 0.0992. The summed E-state index contributed by atoms with van der Waals surface area (Å²) in [5, 5.41) is 14.7. The maximum absolute atomic E-state index is 11.0. The molecule has 3 atom stereocenters. The van der Waals surface area contributed by atoms with Crippen LogP contribution in [-0.4, -0.2) is 11.5 Å². The molecule has 0 bridgehead atoms. The molecule has 1 aliphatic heterocycles. The molecule has 0 amide bonds. The predicted molar refractivity (Wildman–Crippen MR) is 106 cm³/mol. The smallest absolute Gasteiger partial charge is 0.269 e. The zero-order valence-corrected chi connectivity index (χ0v) is 15.6. The van der Waals surface area contributed by atoms with Crippen molar-refractivity contribution in [1.29, 1.82) is 0 Å². The fraction of sp³-hybridized carbons (Fsp3) is 0.364. The number of benzene rings is 2. The molecule has 2 aromatic carbocycles. The third-order valence-corrected chi connectivity index (χ3v) is 5.39. The molecule has 27 heavy (non-hydrogen) atoms. The number of allylic oxidation sites excluding steroid dienone is 2. The van der Waals surface area contributed by atoms with Gasteiger partial charge in [-0.2, -0.15) is 0 Å². The van der Waals surface area contributed by atoms with Crippen LogP contribution in [-0.2, 0) is 0 Å². The van der Waals surface area contributed by atoms with Crippen LogP contribution in [0.25, 0.3) is 0 Å². The Balaban J connectivity index is 1.70. The van der Waals surface area contributed by atoms with Crippen LogP contribution in [0.5, 0.6) is 5.75 Å². The summed E-state index contributed by atoms with van der Waals surface area (Å²) in [5.74, 6) is 2.07. The van der Waals surface area contributed by atoms with E-state index in [9.17, 15) is 10.1 Å². The number of rotatable bonds is 5. The van der Waals surface area contributed by atoms with E-state index >= 15 is 0 Å². The number of non-ortho nitro benzene ring substituents is 1. The number of nitro benzene ring substituents is 1. The van der Waals surface area contributed by atoms with Crippen molar-refractivity contribution < 1.29 is 9.66 Å². The number of nitro groups is 1. The molecule has 0 saturated carbocycles. The quantitative estimate of drug-likeness (QED) is 0.435. The largest absolute Gasteiger partial charge is 0.491 e. The van der Waals surface area contributed by atoms with Crippen LogP contribution in [0.15, 0.2) is 54.6 Å². The van der Waals surface area contributed by atoms with Gasteiger partial charge in [-0.15, -0.1) is 0 Å². The molecule has 1 heterocycles. The van der Waals surface area contributed by atoms with Gasteiger partial charge < -0.3 is 10.1 Å². The minimum atomic E-state index is -0.356. The number of fused-ring (bicyclic) bond motifs is 3. The number of hydrogen-bond acceptors (Lipinski definition) is 4. The normalized spacial score (nSPS) is 22.9. The van der Waals surface area contributed by atoms with Crippen LogP contribution in [0.1, 0.15) is 43.4 Å². The standard InChI is InChI=1S/C22H24N2O3/c1-14(2)13-27-20-8-4-7-19-17-5-3-6-18(17)21(23-22(19)20)15-9-11-16(12-10-15)24(25)26/h3-5,7-12,14,17-18,21,23H,6,13H2,1-2H3. The van der Waals surface area contributed by atoms with Gasteiger partial charge in [0.25, 0.3) is 5.69 Å². The first kappa shape index (κ1) is 17.6. The topological polar surface area (TPSA) is 64.4 Å². The molecule has 2 aliphatic rings. The molecule has 0 saturated heterocycles. The molecule has 140 valence electrons. The number of para-hydroxylation sites is 1. The third-order valence-electron chi connectivity index (χ3n) is 5.39.